The zero-order valence-electron chi connectivity index (χ0n) is 26.7. The number of hydrogen-bond donors (Lipinski definition) is 0. The van der Waals surface area contributed by atoms with Gasteiger partial charge in [-0.1, -0.05) is 58.3 Å². The maximum atomic E-state index is 14.8. The van der Waals surface area contributed by atoms with Gasteiger partial charge >= 0.3 is 23.9 Å². The standard InChI is InChI=1S/C37H38F2O9/c1-4-7-8-9-10-11-12-25-13-19-30(32(38)21-25)36(42)47-26-14-16-27(17-15-26)48-37(43)31-20-18-28(22-33(31)39)44-23-29(46-35(41)6-3)24-45-34(40)5-2/h5-6,13-22,29H,2-4,7-12,23-24H2,1H3. The highest BCUT2D eigenvalue weighted by molar-refractivity contribution is 5.92. The van der Waals surface area contributed by atoms with Crippen molar-refractivity contribution in [1.29, 1.82) is 0 Å². The normalized spacial score (nSPS) is 11.1. The van der Waals surface area contributed by atoms with Gasteiger partial charge in [-0.25, -0.2) is 28.0 Å². The third kappa shape index (κ3) is 12.1. The van der Waals surface area contributed by atoms with E-state index in [-0.39, 0.29) is 36.0 Å². The van der Waals surface area contributed by atoms with E-state index < -0.39 is 47.2 Å². The minimum atomic E-state index is -1.03. The van der Waals surface area contributed by atoms with Gasteiger partial charge in [0.1, 0.15) is 42.1 Å². The summed E-state index contributed by atoms with van der Waals surface area (Å²) in [6.45, 7) is 8.07. The molecule has 0 saturated heterocycles. The Hall–Kier alpha value is -5.32. The molecule has 254 valence electrons. The average Bonchev–Trinajstić information content (AvgIpc) is 3.08. The van der Waals surface area contributed by atoms with Crippen LogP contribution in [0.1, 0.15) is 71.7 Å². The van der Waals surface area contributed by atoms with Gasteiger partial charge in [0.25, 0.3) is 0 Å². The lowest BCUT2D eigenvalue weighted by Crippen LogP contribution is -2.30. The second kappa shape index (κ2) is 19.4. The second-order valence-corrected chi connectivity index (χ2v) is 10.6. The minimum absolute atomic E-state index is 0.00574. The predicted octanol–water partition coefficient (Wildman–Crippen LogP) is 7.51. The molecule has 0 N–H and O–H groups in total. The first-order valence-corrected chi connectivity index (χ1v) is 15.5. The molecule has 0 spiro atoms. The molecule has 0 aliphatic heterocycles. The fourth-order valence-corrected chi connectivity index (χ4v) is 4.39. The number of unbranched alkanes of at least 4 members (excludes halogenated alkanes) is 5. The Morgan fingerprint density at radius 3 is 1.79 bits per heavy atom. The van der Waals surface area contributed by atoms with E-state index in [0.29, 0.717) is 0 Å². The predicted molar refractivity (Wildman–Crippen MR) is 173 cm³/mol. The summed E-state index contributed by atoms with van der Waals surface area (Å²) in [5.74, 6) is -4.94. The second-order valence-electron chi connectivity index (χ2n) is 10.6. The number of benzene rings is 3. The molecule has 0 bridgehead atoms. The van der Waals surface area contributed by atoms with Crippen LogP contribution in [0.25, 0.3) is 0 Å². The molecule has 0 heterocycles. The van der Waals surface area contributed by atoms with Crippen molar-refractivity contribution >= 4 is 23.9 Å². The maximum Gasteiger partial charge on any atom is 0.346 e. The van der Waals surface area contributed by atoms with Crippen molar-refractivity contribution in [3.63, 3.8) is 0 Å². The van der Waals surface area contributed by atoms with E-state index in [1.807, 2.05) is 0 Å². The van der Waals surface area contributed by atoms with Gasteiger partial charge in [-0.15, -0.1) is 0 Å². The summed E-state index contributed by atoms with van der Waals surface area (Å²) in [7, 11) is 0. The van der Waals surface area contributed by atoms with Crippen LogP contribution in [0.5, 0.6) is 17.2 Å². The van der Waals surface area contributed by atoms with E-state index in [2.05, 4.69) is 20.1 Å². The lowest BCUT2D eigenvalue weighted by atomic mass is 10.0. The molecular formula is C37H38F2O9. The van der Waals surface area contributed by atoms with Gasteiger partial charge in [-0.3, -0.25) is 0 Å². The van der Waals surface area contributed by atoms with Gasteiger partial charge in [-0.05, 0) is 66.9 Å². The van der Waals surface area contributed by atoms with Crippen LogP contribution in [0, 0.1) is 11.6 Å². The summed E-state index contributed by atoms with van der Waals surface area (Å²) in [6, 6.07) is 13.2. The number of ether oxygens (including phenoxy) is 5. The molecule has 9 nitrogen and oxygen atoms in total. The molecule has 0 fully saturated rings. The molecule has 0 aromatic heterocycles. The lowest BCUT2D eigenvalue weighted by molar-refractivity contribution is -0.154. The topological polar surface area (TPSA) is 114 Å². The van der Waals surface area contributed by atoms with E-state index in [4.69, 9.17) is 23.7 Å². The molecule has 3 aromatic rings. The van der Waals surface area contributed by atoms with E-state index in [1.165, 1.54) is 61.7 Å². The molecule has 1 unspecified atom stereocenters. The Morgan fingerprint density at radius 1 is 0.688 bits per heavy atom. The fraction of sp³-hybridized carbons (Fsp3) is 0.297. The summed E-state index contributed by atoms with van der Waals surface area (Å²) in [4.78, 5) is 48.1. The first-order valence-electron chi connectivity index (χ1n) is 15.5. The van der Waals surface area contributed by atoms with Crippen molar-refractivity contribution in [2.24, 2.45) is 0 Å². The monoisotopic (exact) mass is 664 g/mol. The first-order chi connectivity index (χ1) is 23.1. The van der Waals surface area contributed by atoms with Crippen LogP contribution in [0.2, 0.25) is 0 Å². The number of aryl methyl sites for hydroxylation is 1. The zero-order chi connectivity index (χ0) is 34.9. The molecule has 0 saturated carbocycles. The molecule has 0 aliphatic carbocycles. The number of halogens is 2. The number of hydrogen-bond acceptors (Lipinski definition) is 9. The Morgan fingerprint density at radius 2 is 1.23 bits per heavy atom. The third-order valence-electron chi connectivity index (χ3n) is 6.94. The maximum absolute atomic E-state index is 14.8. The van der Waals surface area contributed by atoms with Crippen LogP contribution in [-0.2, 0) is 25.5 Å². The summed E-state index contributed by atoms with van der Waals surface area (Å²) in [5.41, 5.74) is 0.209. The van der Waals surface area contributed by atoms with E-state index in [0.717, 1.165) is 55.5 Å². The highest BCUT2D eigenvalue weighted by Gasteiger charge is 2.19. The lowest BCUT2D eigenvalue weighted by Gasteiger charge is -2.17. The van der Waals surface area contributed by atoms with E-state index in [1.54, 1.807) is 6.07 Å². The molecule has 48 heavy (non-hydrogen) atoms. The number of esters is 4. The quantitative estimate of drug-likeness (QED) is 0.0556. The number of carbonyl (C=O) groups excluding carboxylic acids is 4. The van der Waals surface area contributed by atoms with Crippen LogP contribution in [0.15, 0.2) is 86.0 Å². The Balaban J connectivity index is 1.52. The largest absolute Gasteiger partial charge is 0.489 e. The van der Waals surface area contributed by atoms with Gasteiger partial charge in [0.05, 0.1) is 11.1 Å². The van der Waals surface area contributed by atoms with Crippen LogP contribution >= 0.6 is 0 Å². The third-order valence-corrected chi connectivity index (χ3v) is 6.94. The summed E-state index contributed by atoms with van der Waals surface area (Å²) < 4.78 is 55.3. The van der Waals surface area contributed by atoms with Crippen molar-refractivity contribution < 1.29 is 51.6 Å². The molecule has 0 amide bonds. The molecule has 0 aliphatic rings. The Kier molecular flexibility index (Phi) is 15.0. The molecule has 11 heteroatoms. The Bertz CT molecular complexity index is 1580. The van der Waals surface area contributed by atoms with Gasteiger partial charge < -0.3 is 23.7 Å². The number of rotatable bonds is 19. The molecule has 3 rings (SSSR count). The summed E-state index contributed by atoms with van der Waals surface area (Å²) >= 11 is 0. The SMILES string of the molecule is C=CC(=O)OCC(COc1ccc(C(=O)Oc2ccc(OC(=O)c3ccc(CCCCCCCC)cc3F)cc2)c(F)c1)OC(=O)C=C. The molecule has 0 radical (unpaired) electrons. The van der Waals surface area contributed by atoms with Crippen molar-refractivity contribution in [1.82, 2.24) is 0 Å². The van der Waals surface area contributed by atoms with Crippen molar-refractivity contribution in [2.45, 2.75) is 58.0 Å². The van der Waals surface area contributed by atoms with Gasteiger partial charge in [0, 0.05) is 18.2 Å². The first kappa shape index (κ1) is 37.1. The van der Waals surface area contributed by atoms with E-state index >= 15 is 0 Å². The average molecular weight is 665 g/mol. The molecular weight excluding hydrogens is 626 g/mol. The van der Waals surface area contributed by atoms with E-state index in [9.17, 15) is 28.0 Å². The van der Waals surface area contributed by atoms with Crippen LogP contribution in [-0.4, -0.2) is 43.2 Å². The van der Waals surface area contributed by atoms with Gasteiger partial charge in [-0.2, -0.15) is 0 Å². The highest BCUT2D eigenvalue weighted by atomic mass is 19.1. The highest BCUT2D eigenvalue weighted by Crippen LogP contribution is 2.23. The van der Waals surface area contributed by atoms with Gasteiger partial charge in [0.15, 0.2) is 6.10 Å². The Labute approximate surface area is 278 Å². The minimum Gasteiger partial charge on any atom is -0.489 e. The smallest absolute Gasteiger partial charge is 0.346 e. The van der Waals surface area contributed by atoms with Crippen LogP contribution in [0.3, 0.4) is 0 Å². The van der Waals surface area contributed by atoms with Crippen molar-refractivity contribution in [2.75, 3.05) is 13.2 Å². The van der Waals surface area contributed by atoms with Gasteiger partial charge in [0.2, 0.25) is 0 Å². The number of carbonyl (C=O) groups is 4. The molecule has 1 atom stereocenters. The van der Waals surface area contributed by atoms with Crippen LogP contribution in [0.4, 0.5) is 8.78 Å². The summed E-state index contributed by atoms with van der Waals surface area (Å²) in [6.07, 6.45) is 8.31. The zero-order valence-corrected chi connectivity index (χ0v) is 26.7. The fourth-order valence-electron chi connectivity index (χ4n) is 4.39. The summed E-state index contributed by atoms with van der Waals surface area (Å²) in [5, 5.41) is 0. The molecule has 3 aromatic carbocycles. The van der Waals surface area contributed by atoms with Crippen molar-refractivity contribution in [3.05, 3.63) is 114 Å². The van der Waals surface area contributed by atoms with Crippen molar-refractivity contribution in [3.8, 4) is 17.2 Å². The van der Waals surface area contributed by atoms with Crippen LogP contribution < -0.4 is 14.2 Å².